The monoisotopic (exact) mass is 288 g/mol. The first-order chi connectivity index (χ1) is 9.83. The highest BCUT2D eigenvalue weighted by Gasteiger charge is 2.21. The summed E-state index contributed by atoms with van der Waals surface area (Å²) in [6.45, 7) is 4.37. The van der Waals surface area contributed by atoms with Gasteiger partial charge in [0.05, 0.1) is 5.51 Å². The Hall–Kier alpha value is -1.46. The molecule has 2 aromatic heterocycles. The molecule has 20 heavy (non-hydrogen) atoms. The topological polar surface area (TPSA) is 41.0 Å². The maximum absolute atomic E-state index is 4.43. The Balaban J connectivity index is 1.51. The van der Waals surface area contributed by atoms with Gasteiger partial charge in [0.25, 0.3) is 0 Å². The Bertz CT molecular complexity index is 506. The Morgan fingerprint density at radius 1 is 1.35 bits per heavy atom. The molecular weight excluding hydrogens is 268 g/mol. The molecule has 5 heteroatoms. The van der Waals surface area contributed by atoms with Gasteiger partial charge in [-0.05, 0) is 31.9 Å². The molecule has 0 bridgehead atoms. The van der Waals surface area contributed by atoms with Gasteiger partial charge in [-0.2, -0.15) is 0 Å². The second kappa shape index (κ2) is 6.33. The molecule has 0 radical (unpaired) electrons. The number of nitrogens with zero attached hydrogens (tertiary/aromatic N) is 3. The molecule has 1 N–H and O–H groups in total. The predicted molar refractivity (Wildman–Crippen MR) is 83.1 cm³/mol. The van der Waals surface area contributed by atoms with Gasteiger partial charge in [0.2, 0.25) is 0 Å². The van der Waals surface area contributed by atoms with E-state index < -0.39 is 0 Å². The highest BCUT2D eigenvalue weighted by Crippen LogP contribution is 2.21. The van der Waals surface area contributed by atoms with Crippen molar-refractivity contribution in [3.8, 4) is 0 Å². The van der Waals surface area contributed by atoms with E-state index in [1.54, 1.807) is 11.3 Å². The van der Waals surface area contributed by atoms with E-state index >= 15 is 0 Å². The first kappa shape index (κ1) is 13.5. The molecule has 0 saturated carbocycles. The van der Waals surface area contributed by atoms with Crippen LogP contribution < -0.4 is 10.2 Å². The normalized spacial score (nSPS) is 18.1. The number of piperidine rings is 1. The molecule has 3 heterocycles. The molecule has 106 valence electrons. The first-order valence-electron chi connectivity index (χ1n) is 7.13. The lowest BCUT2D eigenvalue weighted by Crippen LogP contribution is -2.43. The van der Waals surface area contributed by atoms with Crippen LogP contribution in [0.25, 0.3) is 0 Å². The molecule has 2 aromatic rings. The van der Waals surface area contributed by atoms with Gasteiger partial charge >= 0.3 is 0 Å². The number of pyridine rings is 1. The standard InChI is InChI=1S/C15H20N4S/c1-12(14-10-16-11-20-14)18-13-5-8-19(9-6-13)15-4-2-3-7-17-15/h2-4,7,10-13,18H,5-6,8-9H2,1H3. The Kier molecular flexibility index (Phi) is 4.28. The van der Waals surface area contributed by atoms with Gasteiger partial charge in [-0.3, -0.25) is 4.98 Å². The van der Waals surface area contributed by atoms with Crippen molar-refractivity contribution in [3.63, 3.8) is 0 Å². The zero-order valence-electron chi connectivity index (χ0n) is 11.7. The van der Waals surface area contributed by atoms with Crippen LogP contribution in [0, 0.1) is 0 Å². The van der Waals surface area contributed by atoms with Gasteiger partial charge in [0, 0.05) is 42.4 Å². The van der Waals surface area contributed by atoms with Crippen molar-refractivity contribution in [2.75, 3.05) is 18.0 Å². The number of rotatable bonds is 4. The lowest BCUT2D eigenvalue weighted by atomic mass is 10.0. The summed E-state index contributed by atoms with van der Waals surface area (Å²) in [7, 11) is 0. The third kappa shape index (κ3) is 3.16. The molecular formula is C15H20N4S. The van der Waals surface area contributed by atoms with Crippen molar-refractivity contribution in [2.24, 2.45) is 0 Å². The van der Waals surface area contributed by atoms with E-state index in [-0.39, 0.29) is 0 Å². The van der Waals surface area contributed by atoms with E-state index in [0.29, 0.717) is 12.1 Å². The summed E-state index contributed by atoms with van der Waals surface area (Å²) in [6, 6.07) is 7.10. The maximum atomic E-state index is 4.43. The van der Waals surface area contributed by atoms with E-state index in [9.17, 15) is 0 Å². The molecule has 0 aliphatic carbocycles. The largest absolute Gasteiger partial charge is 0.357 e. The molecule has 1 unspecified atom stereocenters. The van der Waals surface area contributed by atoms with Crippen molar-refractivity contribution in [2.45, 2.75) is 31.8 Å². The summed E-state index contributed by atoms with van der Waals surface area (Å²) in [5.74, 6) is 1.10. The van der Waals surface area contributed by atoms with Crippen LogP contribution in [0.1, 0.15) is 30.7 Å². The Labute approximate surface area is 123 Å². The van der Waals surface area contributed by atoms with Crippen LogP contribution in [0.15, 0.2) is 36.1 Å². The number of thiazole rings is 1. The van der Waals surface area contributed by atoms with E-state index in [1.807, 2.05) is 24.0 Å². The Morgan fingerprint density at radius 3 is 2.85 bits per heavy atom. The van der Waals surface area contributed by atoms with E-state index in [0.717, 1.165) is 18.9 Å². The summed E-state index contributed by atoms with van der Waals surface area (Å²) < 4.78 is 0. The van der Waals surface area contributed by atoms with Crippen LogP contribution in [0.3, 0.4) is 0 Å². The second-order valence-corrected chi connectivity index (χ2v) is 6.16. The number of hydrogen-bond donors (Lipinski definition) is 1. The number of hydrogen-bond acceptors (Lipinski definition) is 5. The summed E-state index contributed by atoms with van der Waals surface area (Å²) in [6.07, 6.45) is 6.16. The summed E-state index contributed by atoms with van der Waals surface area (Å²) in [5.41, 5.74) is 1.90. The van der Waals surface area contributed by atoms with Crippen molar-refractivity contribution < 1.29 is 0 Å². The highest BCUT2D eigenvalue weighted by atomic mass is 32.1. The summed E-state index contributed by atoms with van der Waals surface area (Å²) in [5, 5.41) is 3.72. The molecule has 1 saturated heterocycles. The fourth-order valence-corrected chi connectivity index (χ4v) is 3.33. The Morgan fingerprint density at radius 2 is 2.20 bits per heavy atom. The van der Waals surface area contributed by atoms with Gasteiger partial charge in [-0.1, -0.05) is 6.07 Å². The van der Waals surface area contributed by atoms with Crippen LogP contribution in [-0.4, -0.2) is 29.1 Å². The van der Waals surface area contributed by atoms with Crippen LogP contribution in [0.5, 0.6) is 0 Å². The molecule has 1 aliphatic rings. The summed E-state index contributed by atoms with van der Waals surface area (Å²) >= 11 is 1.72. The van der Waals surface area contributed by atoms with Crippen molar-refractivity contribution in [1.29, 1.82) is 0 Å². The fourth-order valence-electron chi connectivity index (χ4n) is 2.69. The third-order valence-corrected chi connectivity index (χ3v) is 4.79. The minimum Gasteiger partial charge on any atom is -0.357 e. The van der Waals surface area contributed by atoms with Gasteiger partial charge in [0.15, 0.2) is 0 Å². The molecule has 4 nitrogen and oxygen atoms in total. The molecule has 1 fully saturated rings. The van der Waals surface area contributed by atoms with E-state index in [1.165, 1.54) is 17.7 Å². The molecule has 3 rings (SSSR count). The molecule has 0 amide bonds. The SMILES string of the molecule is CC(NC1CCN(c2ccccn2)CC1)c1cncs1. The lowest BCUT2D eigenvalue weighted by molar-refractivity contribution is 0.382. The van der Waals surface area contributed by atoms with Crippen LogP contribution in [-0.2, 0) is 0 Å². The molecule has 1 aliphatic heterocycles. The summed E-state index contributed by atoms with van der Waals surface area (Å²) in [4.78, 5) is 12.3. The second-order valence-electron chi connectivity index (χ2n) is 5.24. The first-order valence-corrected chi connectivity index (χ1v) is 8.01. The maximum Gasteiger partial charge on any atom is 0.128 e. The van der Waals surface area contributed by atoms with Crippen molar-refractivity contribution in [3.05, 3.63) is 41.0 Å². The number of anilines is 1. The van der Waals surface area contributed by atoms with Crippen molar-refractivity contribution in [1.82, 2.24) is 15.3 Å². The third-order valence-electron chi connectivity index (χ3n) is 3.83. The molecule has 0 spiro atoms. The zero-order chi connectivity index (χ0) is 13.8. The molecule has 0 aromatic carbocycles. The smallest absolute Gasteiger partial charge is 0.128 e. The average Bonchev–Trinajstić information content (AvgIpc) is 3.03. The zero-order valence-corrected chi connectivity index (χ0v) is 12.5. The van der Waals surface area contributed by atoms with Crippen molar-refractivity contribution >= 4 is 17.2 Å². The van der Waals surface area contributed by atoms with Gasteiger partial charge in [-0.15, -0.1) is 11.3 Å². The lowest BCUT2D eigenvalue weighted by Gasteiger charge is -2.34. The van der Waals surface area contributed by atoms with Crippen LogP contribution >= 0.6 is 11.3 Å². The van der Waals surface area contributed by atoms with Crippen LogP contribution in [0.2, 0.25) is 0 Å². The quantitative estimate of drug-likeness (QED) is 0.939. The number of nitrogens with one attached hydrogen (secondary N) is 1. The van der Waals surface area contributed by atoms with Gasteiger partial charge < -0.3 is 10.2 Å². The van der Waals surface area contributed by atoms with Gasteiger partial charge in [0.1, 0.15) is 5.82 Å². The highest BCUT2D eigenvalue weighted by molar-refractivity contribution is 7.09. The predicted octanol–water partition coefficient (Wildman–Crippen LogP) is 2.86. The van der Waals surface area contributed by atoms with E-state index in [2.05, 4.69) is 39.2 Å². The fraction of sp³-hybridized carbons (Fsp3) is 0.467. The minimum atomic E-state index is 0.397. The van der Waals surface area contributed by atoms with E-state index in [4.69, 9.17) is 0 Å². The average molecular weight is 288 g/mol. The van der Waals surface area contributed by atoms with Crippen LogP contribution in [0.4, 0.5) is 5.82 Å². The minimum absolute atomic E-state index is 0.397. The number of aromatic nitrogens is 2. The van der Waals surface area contributed by atoms with Gasteiger partial charge in [-0.25, -0.2) is 4.98 Å². The molecule has 1 atom stereocenters.